The summed E-state index contributed by atoms with van der Waals surface area (Å²) < 4.78 is 0. The molecule has 0 aromatic carbocycles. The van der Waals surface area contributed by atoms with Crippen molar-refractivity contribution < 1.29 is 0 Å². The SMILES string of the molecule is CCCCCC1=NCC=N1. The van der Waals surface area contributed by atoms with Crippen LogP contribution in [0.3, 0.4) is 0 Å². The van der Waals surface area contributed by atoms with Crippen molar-refractivity contribution >= 4 is 12.1 Å². The lowest BCUT2D eigenvalue weighted by Gasteiger charge is -1.94. The Labute approximate surface area is 62.1 Å². The number of hydrogen-bond acceptors (Lipinski definition) is 2. The van der Waals surface area contributed by atoms with E-state index >= 15 is 0 Å². The Balaban J connectivity index is 2.08. The maximum atomic E-state index is 4.20. The van der Waals surface area contributed by atoms with Gasteiger partial charge in [-0.25, -0.2) is 4.99 Å². The minimum atomic E-state index is 0.807. The van der Waals surface area contributed by atoms with Gasteiger partial charge in [0.25, 0.3) is 0 Å². The summed E-state index contributed by atoms with van der Waals surface area (Å²) in [7, 11) is 0. The molecule has 0 radical (unpaired) electrons. The fraction of sp³-hybridized carbons (Fsp3) is 0.750. The lowest BCUT2D eigenvalue weighted by atomic mass is 10.2. The normalized spacial score (nSPS) is 15.9. The first-order valence-electron chi connectivity index (χ1n) is 3.99. The molecule has 0 saturated carbocycles. The molecule has 2 heteroatoms. The first-order chi connectivity index (χ1) is 4.93. The van der Waals surface area contributed by atoms with Crippen LogP contribution in [0.25, 0.3) is 0 Å². The number of rotatable bonds is 4. The van der Waals surface area contributed by atoms with Crippen molar-refractivity contribution in [2.24, 2.45) is 9.98 Å². The molecule has 1 heterocycles. The molecule has 0 atom stereocenters. The van der Waals surface area contributed by atoms with E-state index in [1.54, 1.807) is 0 Å². The Hall–Kier alpha value is -0.660. The van der Waals surface area contributed by atoms with Crippen LogP contribution in [-0.2, 0) is 0 Å². The van der Waals surface area contributed by atoms with Gasteiger partial charge in [-0.3, -0.25) is 4.99 Å². The van der Waals surface area contributed by atoms with Crippen molar-refractivity contribution in [1.29, 1.82) is 0 Å². The lowest BCUT2D eigenvalue weighted by molar-refractivity contribution is 0.740. The fourth-order valence-electron chi connectivity index (χ4n) is 1.01. The van der Waals surface area contributed by atoms with Crippen molar-refractivity contribution in [2.75, 3.05) is 6.54 Å². The number of amidine groups is 1. The minimum absolute atomic E-state index is 0.807. The molecule has 1 rings (SSSR count). The summed E-state index contributed by atoms with van der Waals surface area (Å²) in [5, 5.41) is 0. The van der Waals surface area contributed by atoms with E-state index in [0.717, 1.165) is 18.8 Å². The average Bonchev–Trinajstić information content (AvgIpc) is 2.41. The Morgan fingerprint density at radius 3 is 3.00 bits per heavy atom. The van der Waals surface area contributed by atoms with E-state index in [9.17, 15) is 0 Å². The average molecular weight is 138 g/mol. The number of hydrogen-bond donors (Lipinski definition) is 0. The number of unbranched alkanes of at least 4 members (excludes halogenated alkanes) is 2. The summed E-state index contributed by atoms with van der Waals surface area (Å²) in [4.78, 5) is 8.33. The Kier molecular flexibility index (Phi) is 3.13. The predicted octanol–water partition coefficient (Wildman–Crippen LogP) is 2.05. The molecule has 0 spiro atoms. The van der Waals surface area contributed by atoms with E-state index in [1.165, 1.54) is 19.3 Å². The van der Waals surface area contributed by atoms with Crippen molar-refractivity contribution in [2.45, 2.75) is 32.6 Å². The van der Waals surface area contributed by atoms with Gasteiger partial charge in [-0.2, -0.15) is 0 Å². The molecule has 1 aliphatic heterocycles. The molecule has 0 aliphatic carbocycles. The first kappa shape index (κ1) is 7.45. The van der Waals surface area contributed by atoms with E-state index in [1.807, 2.05) is 6.21 Å². The van der Waals surface area contributed by atoms with Crippen molar-refractivity contribution in [3.05, 3.63) is 0 Å². The molecule has 10 heavy (non-hydrogen) atoms. The third kappa shape index (κ3) is 2.29. The highest BCUT2D eigenvalue weighted by Gasteiger charge is 1.98. The molecule has 0 unspecified atom stereocenters. The summed E-state index contributed by atoms with van der Waals surface area (Å²) >= 11 is 0. The highest BCUT2D eigenvalue weighted by Crippen LogP contribution is 2.03. The predicted molar refractivity (Wildman–Crippen MR) is 44.9 cm³/mol. The molecule has 0 amide bonds. The molecule has 0 bridgehead atoms. The van der Waals surface area contributed by atoms with Crippen LogP contribution in [0.1, 0.15) is 32.6 Å². The highest BCUT2D eigenvalue weighted by atomic mass is 15.0. The highest BCUT2D eigenvalue weighted by molar-refractivity contribution is 5.94. The van der Waals surface area contributed by atoms with E-state index in [0.29, 0.717) is 0 Å². The molecule has 1 aliphatic rings. The number of nitrogens with zero attached hydrogens (tertiary/aromatic N) is 2. The third-order valence-corrected chi connectivity index (χ3v) is 1.60. The zero-order chi connectivity index (χ0) is 7.23. The van der Waals surface area contributed by atoms with Gasteiger partial charge in [-0.05, 0) is 6.42 Å². The fourth-order valence-corrected chi connectivity index (χ4v) is 1.01. The molecule has 0 fully saturated rings. The van der Waals surface area contributed by atoms with E-state index in [-0.39, 0.29) is 0 Å². The van der Waals surface area contributed by atoms with E-state index < -0.39 is 0 Å². The van der Waals surface area contributed by atoms with Crippen LogP contribution in [0.2, 0.25) is 0 Å². The largest absolute Gasteiger partial charge is 0.265 e. The van der Waals surface area contributed by atoms with Crippen LogP contribution >= 0.6 is 0 Å². The van der Waals surface area contributed by atoms with Gasteiger partial charge in [-0.15, -0.1) is 0 Å². The standard InChI is InChI=1S/C8H14N2/c1-2-3-4-5-8-9-6-7-10-8/h6H,2-5,7H2,1H3. The van der Waals surface area contributed by atoms with E-state index in [2.05, 4.69) is 16.9 Å². The van der Waals surface area contributed by atoms with E-state index in [4.69, 9.17) is 0 Å². The van der Waals surface area contributed by atoms with Gasteiger partial charge >= 0.3 is 0 Å². The topological polar surface area (TPSA) is 24.7 Å². The van der Waals surface area contributed by atoms with Crippen LogP contribution in [0.4, 0.5) is 0 Å². The minimum Gasteiger partial charge on any atom is -0.265 e. The van der Waals surface area contributed by atoms with Crippen LogP contribution in [-0.4, -0.2) is 18.6 Å². The molecular formula is C8H14N2. The van der Waals surface area contributed by atoms with Crippen molar-refractivity contribution in [3.8, 4) is 0 Å². The molecule has 0 saturated heterocycles. The molecule has 56 valence electrons. The molecule has 2 nitrogen and oxygen atoms in total. The molecule has 0 aromatic heterocycles. The van der Waals surface area contributed by atoms with Crippen molar-refractivity contribution in [1.82, 2.24) is 0 Å². The summed E-state index contributed by atoms with van der Waals surface area (Å²) in [6.07, 6.45) is 6.77. The van der Waals surface area contributed by atoms with Gasteiger partial charge in [0.15, 0.2) is 0 Å². The second-order valence-electron chi connectivity index (χ2n) is 2.53. The van der Waals surface area contributed by atoms with Crippen molar-refractivity contribution in [3.63, 3.8) is 0 Å². The summed E-state index contributed by atoms with van der Waals surface area (Å²) in [6.45, 7) is 3.02. The summed E-state index contributed by atoms with van der Waals surface area (Å²) in [6, 6.07) is 0. The quantitative estimate of drug-likeness (QED) is 0.531. The third-order valence-electron chi connectivity index (χ3n) is 1.60. The second kappa shape index (κ2) is 4.20. The molecule has 0 aromatic rings. The van der Waals surface area contributed by atoms with Gasteiger partial charge in [-0.1, -0.05) is 19.8 Å². The Bertz CT molecular complexity index is 147. The molecular weight excluding hydrogens is 124 g/mol. The first-order valence-corrected chi connectivity index (χ1v) is 3.99. The van der Waals surface area contributed by atoms with Gasteiger partial charge in [0.05, 0.1) is 6.54 Å². The van der Waals surface area contributed by atoms with Crippen LogP contribution in [0, 0.1) is 0 Å². The smallest absolute Gasteiger partial charge is 0.123 e. The summed E-state index contributed by atoms with van der Waals surface area (Å²) in [5.41, 5.74) is 0. The van der Waals surface area contributed by atoms with Gasteiger partial charge in [0.1, 0.15) is 5.84 Å². The van der Waals surface area contributed by atoms with Crippen LogP contribution < -0.4 is 0 Å². The van der Waals surface area contributed by atoms with Crippen LogP contribution in [0.15, 0.2) is 9.98 Å². The Morgan fingerprint density at radius 2 is 2.40 bits per heavy atom. The maximum absolute atomic E-state index is 4.20. The van der Waals surface area contributed by atoms with Gasteiger partial charge < -0.3 is 0 Å². The van der Waals surface area contributed by atoms with Gasteiger partial charge in [0.2, 0.25) is 0 Å². The lowest BCUT2D eigenvalue weighted by Crippen LogP contribution is -1.89. The van der Waals surface area contributed by atoms with Gasteiger partial charge in [0, 0.05) is 12.6 Å². The zero-order valence-electron chi connectivity index (χ0n) is 6.51. The number of aliphatic imine (C=N–C) groups is 2. The summed E-state index contributed by atoms with van der Waals surface area (Å²) in [5.74, 6) is 1.05. The maximum Gasteiger partial charge on any atom is 0.123 e. The van der Waals surface area contributed by atoms with Crippen LogP contribution in [0.5, 0.6) is 0 Å². The molecule has 0 N–H and O–H groups in total. The second-order valence-corrected chi connectivity index (χ2v) is 2.53. The monoisotopic (exact) mass is 138 g/mol. The Morgan fingerprint density at radius 1 is 1.50 bits per heavy atom. The zero-order valence-corrected chi connectivity index (χ0v) is 6.51.